The molecule has 6 heteroatoms. The number of nitrogens with zero attached hydrogens (tertiary/aromatic N) is 2. The molecular formula is C8H13N3O3. The van der Waals surface area contributed by atoms with Gasteiger partial charge in [-0.2, -0.15) is 5.10 Å². The Balaban J connectivity index is 2.81. The van der Waals surface area contributed by atoms with Gasteiger partial charge in [-0.3, -0.25) is 0 Å². The van der Waals surface area contributed by atoms with Gasteiger partial charge in [-0.05, 0) is 6.92 Å². The monoisotopic (exact) mass is 199 g/mol. The van der Waals surface area contributed by atoms with Crippen molar-refractivity contribution in [3.63, 3.8) is 0 Å². The first-order valence-corrected chi connectivity index (χ1v) is 4.18. The average Bonchev–Trinajstić information content (AvgIpc) is 2.48. The molecule has 0 saturated carbocycles. The van der Waals surface area contributed by atoms with E-state index in [1.807, 2.05) is 0 Å². The Morgan fingerprint density at radius 3 is 3.00 bits per heavy atom. The molecule has 0 saturated heterocycles. The SMILES string of the molecule is CCOC(=O)c1nn(COC)cc1N. The molecule has 0 radical (unpaired) electrons. The number of ether oxygens (including phenoxy) is 2. The van der Waals surface area contributed by atoms with Gasteiger partial charge in [0.05, 0.1) is 18.5 Å². The lowest BCUT2D eigenvalue weighted by molar-refractivity contribution is 0.0516. The minimum Gasteiger partial charge on any atom is -0.461 e. The first kappa shape index (κ1) is 10.5. The predicted molar refractivity (Wildman–Crippen MR) is 49.6 cm³/mol. The Morgan fingerprint density at radius 1 is 1.71 bits per heavy atom. The predicted octanol–water partition coefficient (Wildman–Crippen LogP) is 0.246. The number of nitrogen functional groups attached to an aromatic ring is 1. The smallest absolute Gasteiger partial charge is 0.361 e. The molecule has 0 aliphatic heterocycles. The molecule has 0 bridgehead atoms. The molecule has 1 rings (SSSR count). The van der Waals surface area contributed by atoms with E-state index < -0.39 is 5.97 Å². The summed E-state index contributed by atoms with van der Waals surface area (Å²) in [5, 5.41) is 3.91. The maximum absolute atomic E-state index is 11.3. The number of carbonyl (C=O) groups excluding carboxylic acids is 1. The molecule has 14 heavy (non-hydrogen) atoms. The van der Waals surface area contributed by atoms with E-state index in [2.05, 4.69) is 5.10 Å². The van der Waals surface area contributed by atoms with E-state index in [0.717, 1.165) is 0 Å². The molecule has 78 valence electrons. The summed E-state index contributed by atoms with van der Waals surface area (Å²) < 4.78 is 11.0. The number of hydrogen-bond donors (Lipinski definition) is 1. The Bertz CT molecular complexity index is 322. The Hall–Kier alpha value is -1.56. The summed E-state index contributed by atoms with van der Waals surface area (Å²) in [6, 6.07) is 0. The topological polar surface area (TPSA) is 79.4 Å². The summed E-state index contributed by atoms with van der Waals surface area (Å²) in [5.74, 6) is -0.514. The zero-order valence-electron chi connectivity index (χ0n) is 8.19. The third-order valence-electron chi connectivity index (χ3n) is 1.52. The third kappa shape index (κ3) is 2.23. The van der Waals surface area contributed by atoms with Crippen LogP contribution in [0.1, 0.15) is 17.4 Å². The Labute approximate surface area is 81.6 Å². The molecule has 0 aromatic carbocycles. The van der Waals surface area contributed by atoms with Crippen molar-refractivity contribution in [2.75, 3.05) is 19.5 Å². The van der Waals surface area contributed by atoms with Gasteiger partial charge in [0.25, 0.3) is 0 Å². The minimum atomic E-state index is -0.514. The van der Waals surface area contributed by atoms with E-state index >= 15 is 0 Å². The molecule has 2 N–H and O–H groups in total. The molecule has 1 heterocycles. The molecule has 0 amide bonds. The maximum atomic E-state index is 11.3. The van der Waals surface area contributed by atoms with Crippen LogP contribution < -0.4 is 5.73 Å². The van der Waals surface area contributed by atoms with Crippen LogP contribution in [0.25, 0.3) is 0 Å². The zero-order chi connectivity index (χ0) is 10.6. The number of hydrogen-bond acceptors (Lipinski definition) is 5. The van der Waals surface area contributed by atoms with Gasteiger partial charge in [-0.15, -0.1) is 0 Å². The van der Waals surface area contributed by atoms with Crippen LogP contribution in [0.2, 0.25) is 0 Å². The van der Waals surface area contributed by atoms with Gasteiger partial charge in [0, 0.05) is 7.11 Å². The van der Waals surface area contributed by atoms with Gasteiger partial charge < -0.3 is 15.2 Å². The Kier molecular flexibility index (Phi) is 3.47. The number of aromatic nitrogens is 2. The zero-order valence-corrected chi connectivity index (χ0v) is 8.19. The van der Waals surface area contributed by atoms with Crippen LogP contribution in [0.5, 0.6) is 0 Å². The van der Waals surface area contributed by atoms with E-state index in [1.165, 1.54) is 18.0 Å². The average molecular weight is 199 g/mol. The number of carbonyl (C=O) groups is 1. The highest BCUT2D eigenvalue weighted by Crippen LogP contribution is 2.10. The number of nitrogens with two attached hydrogens (primary N) is 1. The van der Waals surface area contributed by atoms with Crippen molar-refractivity contribution in [3.05, 3.63) is 11.9 Å². The molecule has 0 aliphatic carbocycles. The summed E-state index contributed by atoms with van der Waals surface area (Å²) in [5.41, 5.74) is 5.98. The fourth-order valence-electron chi connectivity index (χ4n) is 0.993. The highest BCUT2D eigenvalue weighted by atomic mass is 16.5. The lowest BCUT2D eigenvalue weighted by atomic mass is 10.4. The quantitative estimate of drug-likeness (QED) is 0.703. The summed E-state index contributed by atoms with van der Waals surface area (Å²) in [6.45, 7) is 2.28. The van der Waals surface area contributed by atoms with Crippen LogP contribution >= 0.6 is 0 Å². The second kappa shape index (κ2) is 4.61. The van der Waals surface area contributed by atoms with Crippen molar-refractivity contribution in [2.24, 2.45) is 0 Å². The van der Waals surface area contributed by atoms with E-state index in [0.29, 0.717) is 12.3 Å². The maximum Gasteiger partial charge on any atom is 0.361 e. The van der Waals surface area contributed by atoms with E-state index in [4.69, 9.17) is 15.2 Å². The lowest BCUT2D eigenvalue weighted by Crippen LogP contribution is -2.09. The number of anilines is 1. The fourth-order valence-corrected chi connectivity index (χ4v) is 0.993. The van der Waals surface area contributed by atoms with Crippen LogP contribution in [0.4, 0.5) is 5.69 Å². The summed E-state index contributed by atoms with van der Waals surface area (Å²) in [4.78, 5) is 11.3. The first-order valence-electron chi connectivity index (χ1n) is 4.18. The first-order chi connectivity index (χ1) is 6.69. The second-order valence-electron chi connectivity index (χ2n) is 2.61. The molecule has 0 unspecified atom stereocenters. The van der Waals surface area contributed by atoms with E-state index in [1.54, 1.807) is 6.92 Å². The summed E-state index contributed by atoms with van der Waals surface area (Å²) in [6.07, 6.45) is 1.52. The molecule has 1 aromatic heterocycles. The van der Waals surface area contributed by atoms with Crippen LogP contribution in [0, 0.1) is 0 Å². The normalized spacial score (nSPS) is 10.1. The van der Waals surface area contributed by atoms with Crippen molar-refractivity contribution in [3.8, 4) is 0 Å². The van der Waals surface area contributed by atoms with E-state index in [9.17, 15) is 4.79 Å². The van der Waals surface area contributed by atoms with Crippen molar-refractivity contribution < 1.29 is 14.3 Å². The molecule has 0 aliphatic rings. The van der Waals surface area contributed by atoms with Crippen LogP contribution in [-0.2, 0) is 16.2 Å². The number of esters is 1. The third-order valence-corrected chi connectivity index (χ3v) is 1.52. The summed E-state index contributed by atoms with van der Waals surface area (Å²) in [7, 11) is 1.53. The van der Waals surface area contributed by atoms with Crippen molar-refractivity contribution in [1.82, 2.24) is 9.78 Å². The van der Waals surface area contributed by atoms with Gasteiger partial charge in [0.15, 0.2) is 5.69 Å². The van der Waals surface area contributed by atoms with Gasteiger partial charge in [-0.25, -0.2) is 9.48 Å². The van der Waals surface area contributed by atoms with Gasteiger partial charge >= 0.3 is 5.97 Å². The van der Waals surface area contributed by atoms with Crippen molar-refractivity contribution in [1.29, 1.82) is 0 Å². The van der Waals surface area contributed by atoms with Gasteiger partial charge in [-0.1, -0.05) is 0 Å². The van der Waals surface area contributed by atoms with E-state index in [-0.39, 0.29) is 12.4 Å². The molecule has 6 nitrogen and oxygen atoms in total. The molecule has 0 atom stereocenters. The highest BCUT2D eigenvalue weighted by molar-refractivity contribution is 5.92. The second-order valence-corrected chi connectivity index (χ2v) is 2.61. The van der Waals surface area contributed by atoms with Crippen LogP contribution in [0.3, 0.4) is 0 Å². The van der Waals surface area contributed by atoms with Crippen LogP contribution in [-0.4, -0.2) is 29.5 Å². The highest BCUT2D eigenvalue weighted by Gasteiger charge is 2.15. The van der Waals surface area contributed by atoms with Gasteiger partial charge in [0.1, 0.15) is 6.73 Å². The largest absolute Gasteiger partial charge is 0.461 e. The molecule has 1 aromatic rings. The molecular weight excluding hydrogens is 186 g/mol. The lowest BCUT2D eigenvalue weighted by Gasteiger charge is -1.98. The fraction of sp³-hybridized carbons (Fsp3) is 0.500. The standard InChI is InChI=1S/C8H13N3O3/c1-3-14-8(12)7-6(9)4-11(10-7)5-13-2/h4H,3,5,9H2,1-2H3. The minimum absolute atomic E-state index is 0.129. The number of rotatable bonds is 4. The summed E-state index contributed by atoms with van der Waals surface area (Å²) >= 11 is 0. The molecule has 0 spiro atoms. The van der Waals surface area contributed by atoms with Crippen molar-refractivity contribution >= 4 is 11.7 Å². The van der Waals surface area contributed by atoms with Crippen LogP contribution in [0.15, 0.2) is 6.20 Å². The number of methoxy groups -OCH3 is 1. The Morgan fingerprint density at radius 2 is 2.43 bits per heavy atom. The van der Waals surface area contributed by atoms with Gasteiger partial charge in [0.2, 0.25) is 0 Å². The van der Waals surface area contributed by atoms with Crippen molar-refractivity contribution in [2.45, 2.75) is 13.7 Å². The molecule has 0 fully saturated rings.